The molecule has 0 saturated carbocycles. The molecule has 11 heteroatoms. The minimum absolute atomic E-state index is 0.00677. The number of aromatic amines is 1. The number of nitrogens with one attached hydrogen (secondary N) is 1. The zero-order chi connectivity index (χ0) is 21.8. The summed E-state index contributed by atoms with van der Waals surface area (Å²) in [6.07, 6.45) is 1.93. The summed E-state index contributed by atoms with van der Waals surface area (Å²) >= 11 is 7.37. The molecule has 2 aromatic rings. The van der Waals surface area contributed by atoms with E-state index in [1.54, 1.807) is 21.6 Å². The Bertz CT molecular complexity index is 950. The van der Waals surface area contributed by atoms with Crippen molar-refractivity contribution in [3.63, 3.8) is 0 Å². The Morgan fingerprint density at radius 2 is 2.13 bits per heavy atom. The van der Waals surface area contributed by atoms with Crippen LogP contribution in [-0.4, -0.2) is 75.1 Å². The summed E-state index contributed by atoms with van der Waals surface area (Å²) in [6.45, 7) is 4.01. The molecule has 2 aliphatic rings. The molecule has 1 unspecified atom stereocenters. The number of benzene rings is 1. The predicted octanol–water partition coefficient (Wildman–Crippen LogP) is 1.98. The largest absolute Gasteiger partial charge is 0.376 e. The molecule has 2 saturated heterocycles. The van der Waals surface area contributed by atoms with E-state index in [4.69, 9.17) is 16.3 Å². The lowest BCUT2D eigenvalue weighted by atomic mass is 10.2. The van der Waals surface area contributed by atoms with Crippen LogP contribution in [0, 0.1) is 5.82 Å². The van der Waals surface area contributed by atoms with E-state index < -0.39 is 0 Å². The summed E-state index contributed by atoms with van der Waals surface area (Å²) in [5, 5.41) is 7.44. The Morgan fingerprint density at radius 1 is 1.32 bits per heavy atom. The zero-order valence-electron chi connectivity index (χ0n) is 17.1. The summed E-state index contributed by atoms with van der Waals surface area (Å²) in [6, 6.07) is 4.69. The summed E-state index contributed by atoms with van der Waals surface area (Å²) in [4.78, 5) is 28.6. The maximum Gasteiger partial charge on any atom is 0.344 e. The van der Waals surface area contributed by atoms with E-state index in [0.29, 0.717) is 61.6 Å². The highest BCUT2D eigenvalue weighted by atomic mass is 35.5. The van der Waals surface area contributed by atoms with Gasteiger partial charge in [-0.2, -0.15) is 0 Å². The first-order valence-electron chi connectivity index (χ1n) is 10.3. The number of ether oxygens (including phenoxy) is 1. The van der Waals surface area contributed by atoms with Gasteiger partial charge in [0.25, 0.3) is 0 Å². The number of halogens is 2. The zero-order valence-corrected chi connectivity index (χ0v) is 18.6. The predicted molar refractivity (Wildman–Crippen MR) is 116 cm³/mol. The smallest absolute Gasteiger partial charge is 0.344 e. The molecule has 1 aromatic carbocycles. The van der Waals surface area contributed by atoms with Crippen molar-refractivity contribution in [3.05, 3.63) is 45.1 Å². The summed E-state index contributed by atoms with van der Waals surface area (Å²) < 4.78 is 21.2. The van der Waals surface area contributed by atoms with E-state index >= 15 is 0 Å². The minimum Gasteiger partial charge on any atom is -0.376 e. The van der Waals surface area contributed by atoms with Crippen molar-refractivity contribution in [2.24, 2.45) is 0 Å². The maximum atomic E-state index is 14.0. The minimum atomic E-state index is -0.310. The number of rotatable bonds is 7. The van der Waals surface area contributed by atoms with Gasteiger partial charge in [-0.25, -0.2) is 14.3 Å². The fourth-order valence-corrected chi connectivity index (χ4v) is 4.93. The molecule has 2 aliphatic heterocycles. The molecule has 4 rings (SSSR count). The normalized spacial score (nSPS) is 19.8. The van der Waals surface area contributed by atoms with Gasteiger partial charge in [-0.05, 0) is 25.0 Å². The van der Waals surface area contributed by atoms with Crippen LogP contribution in [0.15, 0.2) is 28.2 Å². The summed E-state index contributed by atoms with van der Waals surface area (Å²) in [7, 11) is 0. The van der Waals surface area contributed by atoms with E-state index in [1.165, 1.54) is 17.8 Å². The van der Waals surface area contributed by atoms with Crippen LogP contribution >= 0.6 is 23.4 Å². The highest BCUT2D eigenvalue weighted by Crippen LogP contribution is 2.22. The molecule has 0 radical (unpaired) electrons. The number of aromatic nitrogens is 3. The Kier molecular flexibility index (Phi) is 7.31. The van der Waals surface area contributed by atoms with E-state index in [0.717, 1.165) is 12.8 Å². The van der Waals surface area contributed by atoms with Gasteiger partial charge in [-0.15, -0.1) is 5.10 Å². The third-order valence-corrected chi connectivity index (χ3v) is 6.94. The van der Waals surface area contributed by atoms with Crippen molar-refractivity contribution in [1.29, 1.82) is 0 Å². The van der Waals surface area contributed by atoms with Crippen molar-refractivity contribution in [1.82, 2.24) is 24.6 Å². The van der Waals surface area contributed by atoms with Gasteiger partial charge in [0.1, 0.15) is 5.82 Å². The van der Waals surface area contributed by atoms with Crippen LogP contribution in [-0.2, 0) is 22.6 Å². The van der Waals surface area contributed by atoms with Gasteiger partial charge >= 0.3 is 5.69 Å². The molecule has 8 nitrogen and oxygen atoms in total. The van der Waals surface area contributed by atoms with Crippen molar-refractivity contribution in [2.45, 2.75) is 37.2 Å². The third kappa shape index (κ3) is 5.49. The second-order valence-electron chi connectivity index (χ2n) is 7.70. The number of thioether (sulfide) groups is 1. The number of hydrogen-bond acceptors (Lipinski definition) is 6. The number of amides is 1. The highest BCUT2D eigenvalue weighted by Gasteiger charge is 2.24. The fraction of sp³-hybridized carbons (Fsp3) is 0.550. The van der Waals surface area contributed by atoms with Crippen LogP contribution in [0.2, 0.25) is 5.02 Å². The lowest BCUT2D eigenvalue weighted by Crippen LogP contribution is -2.48. The Morgan fingerprint density at radius 3 is 2.84 bits per heavy atom. The third-order valence-electron chi connectivity index (χ3n) is 5.63. The lowest BCUT2D eigenvalue weighted by Gasteiger charge is -2.34. The van der Waals surface area contributed by atoms with Gasteiger partial charge in [-0.1, -0.05) is 29.4 Å². The first-order valence-corrected chi connectivity index (χ1v) is 11.7. The van der Waals surface area contributed by atoms with Crippen LogP contribution in [0.25, 0.3) is 0 Å². The van der Waals surface area contributed by atoms with Crippen molar-refractivity contribution in [2.75, 3.05) is 38.5 Å². The van der Waals surface area contributed by atoms with Crippen molar-refractivity contribution < 1.29 is 13.9 Å². The molecule has 0 bridgehead atoms. The molecule has 0 aliphatic carbocycles. The molecule has 1 amide bonds. The molecule has 3 heterocycles. The average molecular weight is 470 g/mol. The number of H-pyrrole nitrogens is 1. The summed E-state index contributed by atoms with van der Waals surface area (Å²) in [5.74, 6) is -0.113. The van der Waals surface area contributed by atoms with E-state index in [1.807, 2.05) is 0 Å². The number of piperazine rings is 1. The van der Waals surface area contributed by atoms with E-state index in [2.05, 4.69) is 15.1 Å². The molecular weight excluding hydrogens is 445 g/mol. The molecule has 31 heavy (non-hydrogen) atoms. The molecule has 168 valence electrons. The van der Waals surface area contributed by atoms with Gasteiger partial charge in [0, 0.05) is 49.9 Å². The Hall–Kier alpha value is -1.88. The SMILES string of the molecule is O=C(CSc1n[nH]c(=O)n1CC1CCCO1)N1CCN(Cc2c(F)cccc2Cl)CC1. The van der Waals surface area contributed by atoms with Gasteiger partial charge < -0.3 is 9.64 Å². The first-order chi connectivity index (χ1) is 15.0. The number of carbonyl (C=O) groups excluding carboxylic acids is 1. The van der Waals surface area contributed by atoms with Crippen LogP contribution in [0.3, 0.4) is 0 Å². The van der Waals surface area contributed by atoms with Crippen LogP contribution in [0.1, 0.15) is 18.4 Å². The first kappa shape index (κ1) is 22.3. The van der Waals surface area contributed by atoms with Crippen LogP contribution in [0.5, 0.6) is 0 Å². The van der Waals surface area contributed by atoms with Gasteiger partial charge in [-0.3, -0.25) is 14.3 Å². The quantitative estimate of drug-likeness (QED) is 0.624. The van der Waals surface area contributed by atoms with Crippen molar-refractivity contribution in [3.8, 4) is 0 Å². The molecule has 1 N–H and O–H groups in total. The second kappa shape index (κ2) is 10.2. The molecule has 1 atom stereocenters. The number of carbonyl (C=O) groups is 1. The Labute approximate surface area is 188 Å². The molecular formula is C20H25ClFN5O3S. The van der Waals surface area contributed by atoms with Crippen LogP contribution in [0.4, 0.5) is 4.39 Å². The van der Waals surface area contributed by atoms with E-state index in [9.17, 15) is 14.0 Å². The lowest BCUT2D eigenvalue weighted by molar-refractivity contribution is -0.130. The van der Waals surface area contributed by atoms with Gasteiger partial charge in [0.2, 0.25) is 5.91 Å². The number of nitrogens with zero attached hydrogens (tertiary/aromatic N) is 4. The molecule has 2 fully saturated rings. The standard InChI is InChI=1S/C20H25ClFN5O3S/c21-16-4-1-5-17(22)15(16)12-25-6-8-26(9-7-25)18(28)13-31-20-24-23-19(29)27(20)11-14-3-2-10-30-14/h1,4-5,14H,2-3,6-13H2,(H,23,29). The van der Waals surface area contributed by atoms with E-state index in [-0.39, 0.29) is 29.3 Å². The van der Waals surface area contributed by atoms with Crippen LogP contribution < -0.4 is 5.69 Å². The summed E-state index contributed by atoms with van der Waals surface area (Å²) in [5.41, 5.74) is 0.202. The van der Waals surface area contributed by atoms with Gasteiger partial charge in [0.05, 0.1) is 18.4 Å². The average Bonchev–Trinajstić information content (AvgIpc) is 3.40. The molecule has 0 spiro atoms. The molecule has 1 aromatic heterocycles. The second-order valence-corrected chi connectivity index (χ2v) is 9.05. The monoisotopic (exact) mass is 469 g/mol. The maximum absolute atomic E-state index is 14.0. The number of hydrogen-bond donors (Lipinski definition) is 1. The fourth-order valence-electron chi connectivity index (χ4n) is 3.85. The Balaban J connectivity index is 1.27. The highest BCUT2D eigenvalue weighted by molar-refractivity contribution is 7.99. The van der Waals surface area contributed by atoms with Gasteiger partial charge in [0.15, 0.2) is 5.16 Å². The topological polar surface area (TPSA) is 83.5 Å². The van der Waals surface area contributed by atoms with Crippen molar-refractivity contribution >= 4 is 29.3 Å².